The second kappa shape index (κ2) is 5.31. The zero-order valence-corrected chi connectivity index (χ0v) is 12.6. The van der Waals surface area contributed by atoms with Gasteiger partial charge in [-0.25, -0.2) is 0 Å². The molecule has 5 heteroatoms. The van der Waals surface area contributed by atoms with Crippen LogP contribution in [0.4, 0.5) is 5.69 Å². The average molecular weight is 350 g/mol. The van der Waals surface area contributed by atoms with Gasteiger partial charge in [-0.3, -0.25) is 4.99 Å². The summed E-state index contributed by atoms with van der Waals surface area (Å²) in [6, 6.07) is 13.2. The SMILES string of the molecule is Oc1c(C=Nc2ccccc2)[nH]c2ccc(Br)c(Cl)c12. The molecule has 1 aromatic heterocycles. The molecule has 100 valence electrons. The van der Waals surface area contributed by atoms with E-state index in [1.165, 1.54) is 0 Å². The summed E-state index contributed by atoms with van der Waals surface area (Å²) in [4.78, 5) is 7.41. The molecular weight excluding hydrogens is 340 g/mol. The fourth-order valence-electron chi connectivity index (χ4n) is 1.97. The number of aromatic amines is 1. The number of nitrogens with one attached hydrogen (secondary N) is 1. The number of nitrogens with zero attached hydrogens (tertiary/aromatic N) is 1. The maximum atomic E-state index is 10.2. The van der Waals surface area contributed by atoms with Gasteiger partial charge in [0.15, 0.2) is 5.75 Å². The van der Waals surface area contributed by atoms with Crippen molar-refractivity contribution < 1.29 is 5.11 Å². The van der Waals surface area contributed by atoms with Crippen molar-refractivity contribution in [3.8, 4) is 5.75 Å². The van der Waals surface area contributed by atoms with E-state index in [1.807, 2.05) is 42.5 Å². The monoisotopic (exact) mass is 348 g/mol. The Hall–Kier alpha value is -1.78. The molecule has 0 aliphatic rings. The quantitative estimate of drug-likeness (QED) is 0.626. The Kier molecular flexibility index (Phi) is 3.51. The number of aliphatic imine (C=N–C) groups is 1. The lowest BCUT2D eigenvalue weighted by molar-refractivity contribution is 0.480. The first kappa shape index (κ1) is 13.2. The molecule has 20 heavy (non-hydrogen) atoms. The Morgan fingerprint density at radius 2 is 1.90 bits per heavy atom. The van der Waals surface area contributed by atoms with E-state index in [9.17, 15) is 5.11 Å². The summed E-state index contributed by atoms with van der Waals surface area (Å²) in [7, 11) is 0. The average Bonchev–Trinajstić information content (AvgIpc) is 2.79. The molecule has 0 aliphatic carbocycles. The van der Waals surface area contributed by atoms with Crippen LogP contribution in [0.3, 0.4) is 0 Å². The predicted molar refractivity (Wildman–Crippen MR) is 86.4 cm³/mol. The molecule has 0 saturated heterocycles. The van der Waals surface area contributed by atoms with Crippen molar-refractivity contribution in [3.05, 3.63) is 57.7 Å². The number of halogens is 2. The summed E-state index contributed by atoms with van der Waals surface area (Å²) >= 11 is 9.54. The molecule has 0 atom stereocenters. The van der Waals surface area contributed by atoms with Gasteiger partial charge in [-0.05, 0) is 40.2 Å². The van der Waals surface area contributed by atoms with Gasteiger partial charge >= 0.3 is 0 Å². The molecule has 0 aliphatic heterocycles. The van der Waals surface area contributed by atoms with E-state index in [2.05, 4.69) is 25.9 Å². The molecule has 3 aromatic rings. The Morgan fingerprint density at radius 1 is 1.15 bits per heavy atom. The minimum absolute atomic E-state index is 0.103. The van der Waals surface area contributed by atoms with Crippen LogP contribution < -0.4 is 0 Å². The number of hydrogen-bond donors (Lipinski definition) is 2. The molecule has 0 saturated carbocycles. The lowest BCUT2D eigenvalue weighted by atomic mass is 10.2. The van der Waals surface area contributed by atoms with Gasteiger partial charge in [0.1, 0.15) is 5.69 Å². The molecule has 0 amide bonds. The van der Waals surface area contributed by atoms with Gasteiger partial charge in [-0.2, -0.15) is 0 Å². The first-order valence-corrected chi connectivity index (χ1v) is 7.11. The number of aromatic nitrogens is 1. The zero-order chi connectivity index (χ0) is 14.1. The zero-order valence-electron chi connectivity index (χ0n) is 10.3. The van der Waals surface area contributed by atoms with Crippen LogP contribution in [0.15, 0.2) is 51.9 Å². The van der Waals surface area contributed by atoms with Crippen molar-refractivity contribution in [2.24, 2.45) is 4.99 Å². The first-order valence-electron chi connectivity index (χ1n) is 5.94. The summed E-state index contributed by atoms with van der Waals surface area (Å²) < 4.78 is 0.743. The number of aromatic hydroxyl groups is 1. The highest BCUT2D eigenvalue weighted by atomic mass is 79.9. The summed E-state index contributed by atoms with van der Waals surface area (Å²) in [5.74, 6) is 0.103. The predicted octanol–water partition coefficient (Wildman–Crippen LogP) is 5.04. The third kappa shape index (κ3) is 2.32. The highest BCUT2D eigenvalue weighted by Crippen LogP contribution is 2.38. The minimum atomic E-state index is 0.103. The molecule has 2 aromatic carbocycles. The molecule has 0 spiro atoms. The second-order valence-corrected chi connectivity index (χ2v) is 5.50. The Bertz CT molecular complexity index is 796. The normalized spacial score (nSPS) is 11.5. The lowest BCUT2D eigenvalue weighted by Gasteiger charge is -1.97. The van der Waals surface area contributed by atoms with E-state index in [0.29, 0.717) is 16.1 Å². The van der Waals surface area contributed by atoms with Crippen molar-refractivity contribution in [2.45, 2.75) is 0 Å². The molecule has 0 radical (unpaired) electrons. The van der Waals surface area contributed by atoms with E-state index >= 15 is 0 Å². The molecule has 0 unspecified atom stereocenters. The minimum Gasteiger partial charge on any atom is -0.505 e. The fraction of sp³-hybridized carbons (Fsp3) is 0. The van der Waals surface area contributed by atoms with E-state index in [0.717, 1.165) is 15.7 Å². The maximum Gasteiger partial charge on any atom is 0.151 e. The second-order valence-electron chi connectivity index (χ2n) is 4.26. The third-order valence-electron chi connectivity index (χ3n) is 2.96. The number of fused-ring (bicyclic) bond motifs is 1. The van der Waals surface area contributed by atoms with Gasteiger partial charge < -0.3 is 10.1 Å². The first-order chi connectivity index (χ1) is 9.66. The summed E-state index contributed by atoms with van der Waals surface area (Å²) in [6.45, 7) is 0. The molecule has 1 heterocycles. The third-order valence-corrected chi connectivity index (χ3v) is 4.24. The lowest BCUT2D eigenvalue weighted by Crippen LogP contribution is -1.79. The summed E-state index contributed by atoms with van der Waals surface area (Å²) in [6.07, 6.45) is 1.59. The van der Waals surface area contributed by atoms with Crippen LogP contribution in [0.2, 0.25) is 5.02 Å². The van der Waals surface area contributed by atoms with E-state index < -0.39 is 0 Å². The molecule has 3 nitrogen and oxygen atoms in total. The molecular formula is C15H10BrClN2O. The molecule has 2 N–H and O–H groups in total. The van der Waals surface area contributed by atoms with Gasteiger partial charge in [-0.15, -0.1) is 0 Å². The number of benzene rings is 2. The number of H-pyrrole nitrogens is 1. The molecule has 0 bridgehead atoms. The van der Waals surface area contributed by atoms with Crippen LogP contribution in [0, 0.1) is 0 Å². The highest BCUT2D eigenvalue weighted by molar-refractivity contribution is 9.10. The van der Waals surface area contributed by atoms with Crippen molar-refractivity contribution in [3.63, 3.8) is 0 Å². The van der Waals surface area contributed by atoms with Crippen LogP contribution in [-0.4, -0.2) is 16.3 Å². The summed E-state index contributed by atoms with van der Waals surface area (Å²) in [5, 5.41) is 11.3. The largest absolute Gasteiger partial charge is 0.505 e. The van der Waals surface area contributed by atoms with Crippen molar-refractivity contribution in [2.75, 3.05) is 0 Å². The van der Waals surface area contributed by atoms with Crippen LogP contribution in [0.25, 0.3) is 10.9 Å². The Balaban J connectivity index is 2.07. The highest BCUT2D eigenvalue weighted by Gasteiger charge is 2.13. The van der Waals surface area contributed by atoms with Gasteiger partial charge in [0.25, 0.3) is 0 Å². The Morgan fingerprint density at radius 3 is 2.65 bits per heavy atom. The molecule has 3 rings (SSSR count). The number of hydrogen-bond acceptors (Lipinski definition) is 2. The summed E-state index contributed by atoms with van der Waals surface area (Å²) in [5.41, 5.74) is 2.12. The standard InChI is InChI=1S/C15H10BrClN2O/c16-10-6-7-11-13(14(10)17)15(20)12(19-11)8-18-9-4-2-1-3-5-9/h1-8,19-20H. The topological polar surface area (TPSA) is 48.4 Å². The van der Waals surface area contributed by atoms with Gasteiger partial charge in [-0.1, -0.05) is 29.8 Å². The van der Waals surface area contributed by atoms with Gasteiger partial charge in [0.05, 0.1) is 27.8 Å². The van der Waals surface area contributed by atoms with Crippen LogP contribution in [-0.2, 0) is 0 Å². The van der Waals surface area contributed by atoms with E-state index in [-0.39, 0.29) is 5.75 Å². The van der Waals surface area contributed by atoms with E-state index in [4.69, 9.17) is 11.6 Å². The van der Waals surface area contributed by atoms with Crippen LogP contribution >= 0.6 is 27.5 Å². The number of para-hydroxylation sites is 1. The Labute approximate surface area is 129 Å². The van der Waals surface area contributed by atoms with Crippen LogP contribution in [0.1, 0.15) is 5.69 Å². The van der Waals surface area contributed by atoms with Crippen LogP contribution in [0.5, 0.6) is 5.75 Å². The van der Waals surface area contributed by atoms with Gasteiger partial charge in [0.2, 0.25) is 0 Å². The van der Waals surface area contributed by atoms with Crippen molar-refractivity contribution >= 4 is 50.3 Å². The van der Waals surface area contributed by atoms with Crippen molar-refractivity contribution in [1.82, 2.24) is 4.98 Å². The maximum absolute atomic E-state index is 10.2. The number of rotatable bonds is 2. The van der Waals surface area contributed by atoms with E-state index in [1.54, 1.807) is 6.21 Å². The van der Waals surface area contributed by atoms with Crippen molar-refractivity contribution in [1.29, 1.82) is 0 Å². The molecule has 0 fully saturated rings. The fourth-order valence-corrected chi connectivity index (χ4v) is 2.56. The smallest absolute Gasteiger partial charge is 0.151 e. The van der Waals surface area contributed by atoms with Gasteiger partial charge in [0, 0.05) is 4.47 Å².